The van der Waals surface area contributed by atoms with E-state index < -0.39 is 0 Å². The Morgan fingerprint density at radius 2 is 1.64 bits per heavy atom. The van der Waals surface area contributed by atoms with Gasteiger partial charge in [0, 0.05) is 23.4 Å². The van der Waals surface area contributed by atoms with Crippen LogP contribution < -0.4 is 15.4 Å². The minimum absolute atomic E-state index is 0.142. The van der Waals surface area contributed by atoms with Gasteiger partial charge in [-0.3, -0.25) is 9.59 Å². The molecule has 0 aromatic heterocycles. The number of carbonyl (C=O) groups excluding carboxylic acids is 2. The van der Waals surface area contributed by atoms with Crippen molar-refractivity contribution in [3.05, 3.63) is 95.1 Å². The van der Waals surface area contributed by atoms with Crippen molar-refractivity contribution in [2.24, 2.45) is 0 Å². The summed E-state index contributed by atoms with van der Waals surface area (Å²) in [5.74, 6) is 0.343. The molecule has 1 aliphatic heterocycles. The van der Waals surface area contributed by atoms with Crippen LogP contribution in [0.5, 0.6) is 5.75 Å². The molecule has 0 spiro atoms. The number of ether oxygens (including phenoxy) is 2. The molecule has 0 saturated heterocycles. The standard InChI is InChI=1S/C27H28N2O4/c1-2-16-32-23-13-9-21(10-14-23)27(31)29-22-11-7-20(8-12-22)26(30)28-18-25-24-6-4-3-5-19(24)15-17-33-25/h3-14,25H,2,15-18H2,1H3,(H,28,30)(H,29,31)/t25-/m0/s1. The Hall–Kier alpha value is -3.64. The van der Waals surface area contributed by atoms with Gasteiger partial charge in [-0.1, -0.05) is 31.2 Å². The predicted molar refractivity (Wildman–Crippen MR) is 128 cm³/mol. The average molecular weight is 445 g/mol. The molecule has 170 valence electrons. The van der Waals surface area contributed by atoms with Crippen molar-refractivity contribution in [3.63, 3.8) is 0 Å². The monoisotopic (exact) mass is 444 g/mol. The molecule has 0 bridgehead atoms. The van der Waals surface area contributed by atoms with E-state index in [1.165, 1.54) is 5.56 Å². The van der Waals surface area contributed by atoms with E-state index in [1.807, 2.05) is 19.1 Å². The summed E-state index contributed by atoms with van der Waals surface area (Å²) in [7, 11) is 0. The normalized spacial score (nSPS) is 14.8. The van der Waals surface area contributed by atoms with Crippen LogP contribution in [0.25, 0.3) is 0 Å². The number of nitrogens with one attached hydrogen (secondary N) is 2. The van der Waals surface area contributed by atoms with Crippen molar-refractivity contribution in [1.29, 1.82) is 0 Å². The molecule has 0 unspecified atom stereocenters. The molecule has 0 aliphatic carbocycles. The molecule has 1 aliphatic rings. The Morgan fingerprint density at radius 3 is 2.39 bits per heavy atom. The highest BCUT2D eigenvalue weighted by molar-refractivity contribution is 6.04. The highest BCUT2D eigenvalue weighted by Gasteiger charge is 2.21. The number of benzene rings is 3. The van der Waals surface area contributed by atoms with Crippen molar-refractivity contribution in [3.8, 4) is 5.75 Å². The fraction of sp³-hybridized carbons (Fsp3) is 0.259. The summed E-state index contributed by atoms with van der Waals surface area (Å²) >= 11 is 0. The van der Waals surface area contributed by atoms with Crippen molar-refractivity contribution in [1.82, 2.24) is 5.32 Å². The molecule has 2 N–H and O–H groups in total. The van der Waals surface area contributed by atoms with Gasteiger partial charge in [0.05, 0.1) is 13.2 Å². The summed E-state index contributed by atoms with van der Waals surface area (Å²) in [6, 6.07) is 22.0. The molecule has 1 heterocycles. The van der Waals surface area contributed by atoms with Crippen LogP contribution in [-0.4, -0.2) is 31.6 Å². The number of anilines is 1. The molecule has 2 amide bonds. The number of carbonyl (C=O) groups is 2. The first-order valence-corrected chi connectivity index (χ1v) is 11.3. The minimum atomic E-state index is -0.220. The molecular formula is C27H28N2O4. The van der Waals surface area contributed by atoms with Crippen molar-refractivity contribution in [2.45, 2.75) is 25.9 Å². The number of fused-ring (bicyclic) bond motifs is 1. The minimum Gasteiger partial charge on any atom is -0.494 e. The van der Waals surface area contributed by atoms with Crippen LogP contribution in [0.4, 0.5) is 5.69 Å². The molecule has 33 heavy (non-hydrogen) atoms. The first kappa shape index (κ1) is 22.6. The second-order valence-electron chi connectivity index (χ2n) is 7.92. The third-order valence-electron chi connectivity index (χ3n) is 5.53. The van der Waals surface area contributed by atoms with Crippen LogP contribution in [0.2, 0.25) is 0 Å². The maximum Gasteiger partial charge on any atom is 0.255 e. The zero-order valence-electron chi connectivity index (χ0n) is 18.7. The van der Waals surface area contributed by atoms with Crippen LogP contribution in [0, 0.1) is 0 Å². The predicted octanol–water partition coefficient (Wildman–Crippen LogP) is 4.77. The van der Waals surface area contributed by atoms with Crippen molar-refractivity contribution < 1.29 is 19.1 Å². The van der Waals surface area contributed by atoms with Crippen molar-refractivity contribution >= 4 is 17.5 Å². The summed E-state index contributed by atoms with van der Waals surface area (Å²) in [6.07, 6.45) is 1.68. The number of amides is 2. The lowest BCUT2D eigenvalue weighted by Gasteiger charge is -2.26. The van der Waals surface area contributed by atoms with Gasteiger partial charge >= 0.3 is 0 Å². The van der Waals surface area contributed by atoms with E-state index in [0.29, 0.717) is 36.6 Å². The molecule has 6 nitrogen and oxygen atoms in total. The molecule has 3 aromatic rings. The largest absolute Gasteiger partial charge is 0.494 e. The Balaban J connectivity index is 1.31. The van der Waals surface area contributed by atoms with Gasteiger partial charge in [0.25, 0.3) is 11.8 Å². The summed E-state index contributed by atoms with van der Waals surface area (Å²) in [5.41, 5.74) is 4.08. The van der Waals surface area contributed by atoms with Gasteiger partial charge in [-0.05, 0) is 72.5 Å². The van der Waals surface area contributed by atoms with Gasteiger partial charge in [-0.2, -0.15) is 0 Å². The molecule has 3 aromatic carbocycles. The van der Waals surface area contributed by atoms with Crippen LogP contribution in [0.1, 0.15) is 51.3 Å². The van der Waals surface area contributed by atoms with E-state index in [0.717, 1.165) is 24.2 Å². The quantitative estimate of drug-likeness (QED) is 0.525. The molecule has 0 radical (unpaired) electrons. The molecule has 0 saturated carbocycles. The van der Waals surface area contributed by atoms with Crippen LogP contribution in [-0.2, 0) is 11.2 Å². The fourth-order valence-electron chi connectivity index (χ4n) is 3.76. The average Bonchev–Trinajstić information content (AvgIpc) is 2.86. The third-order valence-corrected chi connectivity index (χ3v) is 5.53. The second kappa shape index (κ2) is 10.8. The summed E-state index contributed by atoms with van der Waals surface area (Å²) in [5, 5.41) is 5.80. The lowest BCUT2D eigenvalue weighted by atomic mass is 9.97. The lowest BCUT2D eigenvalue weighted by Crippen LogP contribution is -2.31. The number of hydrogen-bond donors (Lipinski definition) is 2. The van der Waals surface area contributed by atoms with E-state index in [2.05, 4.69) is 22.8 Å². The topological polar surface area (TPSA) is 76.7 Å². The molecule has 4 rings (SSSR count). The van der Waals surface area contributed by atoms with Gasteiger partial charge in [0.1, 0.15) is 11.9 Å². The van der Waals surface area contributed by atoms with Gasteiger partial charge in [0.2, 0.25) is 0 Å². The first-order valence-electron chi connectivity index (χ1n) is 11.3. The summed E-state index contributed by atoms with van der Waals surface area (Å²) in [6.45, 7) is 3.75. The smallest absolute Gasteiger partial charge is 0.255 e. The Bertz CT molecular complexity index is 1090. The van der Waals surface area contributed by atoms with E-state index in [9.17, 15) is 9.59 Å². The Morgan fingerprint density at radius 1 is 0.939 bits per heavy atom. The van der Waals surface area contributed by atoms with Gasteiger partial charge in [-0.15, -0.1) is 0 Å². The second-order valence-corrected chi connectivity index (χ2v) is 7.92. The summed E-state index contributed by atoms with van der Waals surface area (Å²) in [4.78, 5) is 25.1. The summed E-state index contributed by atoms with van der Waals surface area (Å²) < 4.78 is 11.4. The van der Waals surface area contributed by atoms with Gasteiger partial charge < -0.3 is 20.1 Å². The van der Waals surface area contributed by atoms with E-state index in [-0.39, 0.29) is 17.9 Å². The van der Waals surface area contributed by atoms with Crippen LogP contribution in [0.15, 0.2) is 72.8 Å². The van der Waals surface area contributed by atoms with Crippen LogP contribution >= 0.6 is 0 Å². The first-order chi connectivity index (χ1) is 16.1. The zero-order valence-corrected chi connectivity index (χ0v) is 18.7. The number of rotatable bonds is 8. The number of hydrogen-bond acceptors (Lipinski definition) is 4. The van der Waals surface area contributed by atoms with Crippen molar-refractivity contribution in [2.75, 3.05) is 25.1 Å². The molecule has 1 atom stereocenters. The maximum absolute atomic E-state index is 12.6. The van der Waals surface area contributed by atoms with Gasteiger partial charge in [-0.25, -0.2) is 0 Å². The van der Waals surface area contributed by atoms with Gasteiger partial charge in [0.15, 0.2) is 0 Å². The Labute approximate surface area is 193 Å². The fourth-order valence-corrected chi connectivity index (χ4v) is 3.76. The highest BCUT2D eigenvalue weighted by Crippen LogP contribution is 2.26. The SMILES string of the molecule is CCCOc1ccc(C(=O)Nc2ccc(C(=O)NC[C@@H]3OCCc4ccccc43)cc2)cc1. The van der Waals surface area contributed by atoms with E-state index in [4.69, 9.17) is 9.47 Å². The molecule has 0 fully saturated rings. The lowest BCUT2D eigenvalue weighted by molar-refractivity contribution is 0.0411. The van der Waals surface area contributed by atoms with Crippen LogP contribution in [0.3, 0.4) is 0 Å². The molecular weight excluding hydrogens is 416 g/mol. The maximum atomic E-state index is 12.6. The highest BCUT2D eigenvalue weighted by atomic mass is 16.5. The van der Waals surface area contributed by atoms with E-state index >= 15 is 0 Å². The third kappa shape index (κ3) is 5.79. The van der Waals surface area contributed by atoms with E-state index in [1.54, 1.807) is 48.5 Å². The molecule has 6 heteroatoms. The Kier molecular flexibility index (Phi) is 7.37. The zero-order chi connectivity index (χ0) is 23.0.